The molecule has 2 heterocycles. The van der Waals surface area contributed by atoms with E-state index in [0.29, 0.717) is 32.1 Å². The van der Waals surface area contributed by atoms with Crippen molar-refractivity contribution >= 4 is 11.9 Å². The Morgan fingerprint density at radius 3 is 1.83 bits per heavy atom. The van der Waals surface area contributed by atoms with Gasteiger partial charge in [0.25, 0.3) is 0 Å². The Morgan fingerprint density at radius 1 is 0.826 bits per heavy atom. The molecule has 8 unspecified atom stereocenters. The number of hydrogen-bond donors (Lipinski definition) is 3. The maximum absolute atomic E-state index is 11.3. The minimum absolute atomic E-state index is 0. The van der Waals surface area contributed by atoms with Crippen LogP contribution in [0.15, 0.2) is 48.6 Å². The Labute approximate surface area is 272 Å². The Bertz CT molecular complexity index is 1370. The van der Waals surface area contributed by atoms with Gasteiger partial charge in [-0.3, -0.25) is 9.59 Å². The lowest BCUT2D eigenvalue weighted by Crippen LogP contribution is -2.22. The number of ether oxygens (including phenoxy) is 4. The highest BCUT2D eigenvalue weighted by Crippen LogP contribution is 2.53. The molecule has 252 valence electrons. The minimum atomic E-state index is -0.504. The molecule has 2 aliphatic carbocycles. The Kier molecular flexibility index (Phi) is 12.3. The van der Waals surface area contributed by atoms with Crippen molar-refractivity contribution in [3.63, 3.8) is 0 Å². The van der Waals surface area contributed by atoms with Crippen molar-refractivity contribution in [2.75, 3.05) is 20.8 Å². The topological polar surface area (TPSA) is 132 Å². The van der Waals surface area contributed by atoms with Gasteiger partial charge in [0.2, 0.25) is 0 Å². The largest absolute Gasteiger partial charge is 0.489 e. The molecule has 0 aromatic heterocycles. The van der Waals surface area contributed by atoms with Crippen LogP contribution in [0, 0.1) is 11.8 Å². The van der Waals surface area contributed by atoms with Gasteiger partial charge in [-0.1, -0.05) is 56.0 Å². The van der Waals surface area contributed by atoms with Gasteiger partial charge in [0, 0.05) is 67.1 Å². The number of hydrogen-bond acceptors (Lipinski definition) is 9. The lowest BCUT2D eigenvalue weighted by atomic mass is 9.86. The molecule has 46 heavy (non-hydrogen) atoms. The van der Waals surface area contributed by atoms with Crippen LogP contribution in [0.5, 0.6) is 11.5 Å². The lowest BCUT2D eigenvalue weighted by Gasteiger charge is -2.18. The number of carbonyl (C=O) groups is 2. The second-order valence-electron chi connectivity index (χ2n) is 12.5. The van der Waals surface area contributed by atoms with Gasteiger partial charge in [0.05, 0.1) is 26.4 Å². The molecule has 2 saturated carbocycles. The molecule has 4 aliphatic rings. The highest BCUT2D eigenvalue weighted by molar-refractivity contribution is 5.69. The molecular weight excluding hydrogens is 588 g/mol. The molecule has 0 spiro atoms. The summed E-state index contributed by atoms with van der Waals surface area (Å²) in [5.74, 6) is 1.74. The first-order chi connectivity index (χ1) is 21.8. The predicted octanol–water partition coefficient (Wildman–Crippen LogP) is 5.02. The van der Waals surface area contributed by atoms with E-state index in [4.69, 9.17) is 9.47 Å². The molecule has 6 rings (SSSR count). The molecule has 3 N–H and O–H groups in total. The summed E-state index contributed by atoms with van der Waals surface area (Å²) in [6.45, 7) is 1.96. The molecule has 0 saturated heterocycles. The van der Waals surface area contributed by atoms with E-state index in [0.717, 1.165) is 47.5 Å². The Hall–Kier alpha value is -3.40. The first-order valence-electron chi connectivity index (χ1n) is 16.1. The van der Waals surface area contributed by atoms with Crippen LogP contribution in [0.3, 0.4) is 0 Å². The van der Waals surface area contributed by atoms with E-state index in [9.17, 15) is 24.9 Å². The van der Waals surface area contributed by atoms with Crippen LogP contribution >= 0.6 is 0 Å². The molecule has 2 aliphatic heterocycles. The SMILES string of the molecule is C.C/C=C/C1C(O)CC2Oc3c(CCCC(=O)OC)cccc3C21.COC(=O)CCCc1cccc2c1OC1CC(O)C(CO)C21. The third-order valence-electron chi connectivity index (χ3n) is 9.81. The van der Waals surface area contributed by atoms with Crippen molar-refractivity contribution in [1.82, 2.24) is 0 Å². The first-order valence-corrected chi connectivity index (χ1v) is 16.1. The number of rotatable bonds is 10. The maximum Gasteiger partial charge on any atom is 0.305 e. The molecule has 2 aromatic rings. The van der Waals surface area contributed by atoms with Crippen LogP contribution in [0.2, 0.25) is 0 Å². The molecule has 8 atom stereocenters. The second-order valence-corrected chi connectivity index (χ2v) is 12.5. The van der Waals surface area contributed by atoms with Crippen molar-refractivity contribution in [2.45, 2.75) is 102 Å². The van der Waals surface area contributed by atoms with Crippen LogP contribution in [-0.4, -0.2) is 72.5 Å². The normalized spacial score (nSPS) is 28.0. The molecule has 2 aromatic carbocycles. The van der Waals surface area contributed by atoms with E-state index in [2.05, 4.69) is 33.7 Å². The van der Waals surface area contributed by atoms with Crippen molar-refractivity contribution in [3.8, 4) is 11.5 Å². The average Bonchev–Trinajstić information content (AvgIpc) is 3.76. The number of fused-ring (bicyclic) bond motifs is 6. The zero-order chi connectivity index (χ0) is 32.1. The highest BCUT2D eigenvalue weighted by atomic mass is 16.5. The number of esters is 2. The third kappa shape index (κ3) is 7.27. The fourth-order valence-corrected chi connectivity index (χ4v) is 7.66. The van der Waals surface area contributed by atoms with Gasteiger partial charge in [-0.2, -0.15) is 0 Å². The summed E-state index contributed by atoms with van der Waals surface area (Å²) >= 11 is 0. The Morgan fingerprint density at radius 2 is 1.33 bits per heavy atom. The summed E-state index contributed by atoms with van der Waals surface area (Å²) in [4.78, 5) is 22.5. The van der Waals surface area contributed by atoms with Crippen LogP contribution in [0.4, 0.5) is 0 Å². The number of allylic oxidation sites excluding steroid dienone is 1. The van der Waals surface area contributed by atoms with Crippen molar-refractivity contribution in [1.29, 1.82) is 0 Å². The number of methoxy groups -OCH3 is 2. The number of benzene rings is 2. The van der Waals surface area contributed by atoms with E-state index in [1.165, 1.54) is 19.8 Å². The number of para-hydroxylation sites is 2. The van der Waals surface area contributed by atoms with Crippen LogP contribution < -0.4 is 9.47 Å². The van der Waals surface area contributed by atoms with Gasteiger partial charge in [-0.15, -0.1) is 0 Å². The predicted molar refractivity (Wildman–Crippen MR) is 174 cm³/mol. The van der Waals surface area contributed by atoms with Crippen LogP contribution in [0.25, 0.3) is 0 Å². The van der Waals surface area contributed by atoms with E-state index in [-0.39, 0.29) is 68.0 Å². The van der Waals surface area contributed by atoms with E-state index in [1.54, 1.807) is 0 Å². The number of aliphatic hydroxyl groups is 3. The molecule has 2 fully saturated rings. The fraction of sp³-hybridized carbons (Fsp3) is 0.568. The smallest absolute Gasteiger partial charge is 0.305 e. The summed E-state index contributed by atoms with van der Waals surface area (Å²) in [5.41, 5.74) is 4.51. The van der Waals surface area contributed by atoms with E-state index < -0.39 is 6.10 Å². The summed E-state index contributed by atoms with van der Waals surface area (Å²) < 4.78 is 21.6. The van der Waals surface area contributed by atoms with Gasteiger partial charge in [0.15, 0.2) is 0 Å². The summed E-state index contributed by atoms with van der Waals surface area (Å²) in [7, 11) is 2.81. The van der Waals surface area contributed by atoms with Gasteiger partial charge < -0.3 is 34.3 Å². The molecular formula is C37H50O9. The quantitative estimate of drug-likeness (QED) is 0.243. The molecule has 9 nitrogen and oxygen atoms in total. The van der Waals surface area contributed by atoms with Crippen LogP contribution in [0.1, 0.15) is 87.0 Å². The molecule has 0 radical (unpaired) electrons. The summed E-state index contributed by atoms with van der Waals surface area (Å²) in [6.07, 6.45) is 8.35. The van der Waals surface area contributed by atoms with Gasteiger partial charge in [0.1, 0.15) is 23.7 Å². The zero-order valence-corrected chi connectivity index (χ0v) is 26.4. The van der Waals surface area contributed by atoms with Gasteiger partial charge >= 0.3 is 11.9 Å². The van der Waals surface area contributed by atoms with Crippen molar-refractivity contribution < 1.29 is 43.9 Å². The van der Waals surface area contributed by atoms with Gasteiger partial charge in [-0.25, -0.2) is 0 Å². The monoisotopic (exact) mass is 638 g/mol. The maximum atomic E-state index is 11.3. The molecule has 9 heteroatoms. The second kappa shape index (κ2) is 15.9. The average molecular weight is 639 g/mol. The standard InChI is InChI=1S/C19H24O4.C17H22O5.CH4/c1-3-6-13-15(20)11-16-18(13)14-9-4-7-12(19(14)23-16)8-5-10-17(21)22-2;1-21-15(20)7-3-5-10-4-2-6-11-16-12(9-18)13(19)8-14(16)22-17(10)11;/h3-4,6-7,9,13,15-16,18,20H,5,8,10-11H2,1-2H3;2,4,6,12-14,16,18-19H,3,5,7-9H2,1H3;1H4/b6-3+;;. The number of aliphatic hydroxyl groups excluding tert-OH is 3. The zero-order valence-electron chi connectivity index (χ0n) is 26.4. The fourth-order valence-electron chi connectivity index (χ4n) is 7.66. The highest BCUT2D eigenvalue weighted by Gasteiger charge is 2.50. The van der Waals surface area contributed by atoms with E-state index >= 15 is 0 Å². The Balaban J connectivity index is 0.000000205. The van der Waals surface area contributed by atoms with Crippen LogP contribution in [-0.2, 0) is 31.9 Å². The number of aryl methyl sites for hydroxylation is 2. The van der Waals surface area contributed by atoms with Crippen molar-refractivity contribution in [2.24, 2.45) is 11.8 Å². The molecule has 0 amide bonds. The summed E-state index contributed by atoms with van der Waals surface area (Å²) in [5, 5.41) is 29.8. The van der Waals surface area contributed by atoms with E-state index in [1.807, 2.05) is 31.2 Å². The van der Waals surface area contributed by atoms with Crippen molar-refractivity contribution in [3.05, 3.63) is 70.8 Å². The summed E-state index contributed by atoms with van der Waals surface area (Å²) in [6, 6.07) is 12.2. The molecule has 0 bridgehead atoms. The first kappa shape index (κ1) is 35.5. The van der Waals surface area contributed by atoms with Gasteiger partial charge in [-0.05, 0) is 43.7 Å². The lowest BCUT2D eigenvalue weighted by molar-refractivity contribution is -0.141. The third-order valence-corrected chi connectivity index (χ3v) is 9.81. The minimum Gasteiger partial charge on any atom is -0.489 e. The number of carbonyl (C=O) groups excluding carboxylic acids is 2.